The number of para-hydroxylation sites is 1. The first-order valence-electron chi connectivity index (χ1n) is 12.8. The molecule has 39 heavy (non-hydrogen) atoms. The van der Waals surface area contributed by atoms with Crippen LogP contribution in [0.15, 0.2) is 47.4 Å². The van der Waals surface area contributed by atoms with E-state index in [-0.39, 0.29) is 59.6 Å². The van der Waals surface area contributed by atoms with Crippen LogP contribution in [0.4, 0.5) is 10.5 Å². The van der Waals surface area contributed by atoms with E-state index >= 15 is 0 Å². The molecule has 0 spiro atoms. The third-order valence-corrected chi connectivity index (χ3v) is 7.90. The van der Waals surface area contributed by atoms with Crippen molar-refractivity contribution in [3.8, 4) is 11.5 Å². The summed E-state index contributed by atoms with van der Waals surface area (Å²) in [6.45, 7) is 7.54. The number of nitrogens with zero attached hydrogens (tertiary/aromatic N) is 2. The van der Waals surface area contributed by atoms with Crippen LogP contribution in [-0.2, 0) is 10.0 Å². The van der Waals surface area contributed by atoms with E-state index in [0.29, 0.717) is 5.75 Å². The number of ether oxygens (including phenoxy) is 2. The Morgan fingerprint density at radius 2 is 1.87 bits per heavy atom. The molecule has 0 radical (unpaired) electrons. The van der Waals surface area contributed by atoms with E-state index < -0.39 is 28.1 Å². The number of anilines is 1. The smallest absolute Gasteiger partial charge is 0.317 e. The highest BCUT2D eigenvalue weighted by atomic mass is 32.2. The number of benzene rings is 2. The van der Waals surface area contributed by atoms with Crippen LogP contribution in [0.1, 0.15) is 38.1 Å². The van der Waals surface area contributed by atoms with Gasteiger partial charge in [-0.25, -0.2) is 13.2 Å². The maximum absolute atomic E-state index is 13.6. The number of carbonyl (C=O) groups is 2. The third kappa shape index (κ3) is 7.12. The molecule has 0 aromatic heterocycles. The minimum absolute atomic E-state index is 0.00334. The van der Waals surface area contributed by atoms with E-state index in [4.69, 9.17) is 9.47 Å². The standard InChI is InChI=1S/C27H38N4O7S/c1-17(2)28-27(34)30(5)15-24-18(3)14-31(19(4)16-32)26(33)22-8-7-9-23(25(22)38-24)29-39(35,36)21-12-10-20(37-6)11-13-21/h7-13,17-19,24,29,32H,14-16H2,1-6H3,(H,28,34)/t18-,19-,24-/m0/s1. The minimum atomic E-state index is -4.05. The largest absolute Gasteiger partial charge is 0.497 e. The number of aliphatic hydroxyl groups is 1. The van der Waals surface area contributed by atoms with Crippen molar-refractivity contribution in [1.82, 2.24) is 15.1 Å². The van der Waals surface area contributed by atoms with E-state index in [0.717, 1.165) is 0 Å². The number of urea groups is 1. The highest BCUT2D eigenvalue weighted by molar-refractivity contribution is 7.92. The van der Waals surface area contributed by atoms with E-state index in [1.807, 2.05) is 20.8 Å². The van der Waals surface area contributed by atoms with Crippen LogP contribution in [0.25, 0.3) is 0 Å². The summed E-state index contributed by atoms with van der Waals surface area (Å²) in [7, 11) is -0.921. The summed E-state index contributed by atoms with van der Waals surface area (Å²) in [5.41, 5.74) is 0.234. The molecule has 3 rings (SSSR count). The monoisotopic (exact) mass is 562 g/mol. The average Bonchev–Trinajstić information content (AvgIpc) is 2.89. The normalized spacial score (nSPS) is 18.4. The van der Waals surface area contributed by atoms with Crippen molar-refractivity contribution in [1.29, 1.82) is 0 Å². The Labute approximate surface area is 230 Å². The van der Waals surface area contributed by atoms with Gasteiger partial charge in [0.25, 0.3) is 15.9 Å². The van der Waals surface area contributed by atoms with Crippen LogP contribution in [0.5, 0.6) is 11.5 Å². The van der Waals surface area contributed by atoms with Gasteiger partial charge in [-0.3, -0.25) is 9.52 Å². The molecular weight excluding hydrogens is 524 g/mol. The second kappa shape index (κ2) is 12.6. The molecule has 0 aliphatic carbocycles. The summed E-state index contributed by atoms with van der Waals surface area (Å²) in [5.74, 6) is -0.0953. The van der Waals surface area contributed by atoms with E-state index in [1.165, 1.54) is 42.3 Å². The van der Waals surface area contributed by atoms with Gasteiger partial charge >= 0.3 is 6.03 Å². The van der Waals surface area contributed by atoms with E-state index in [2.05, 4.69) is 10.0 Å². The second-order valence-electron chi connectivity index (χ2n) is 10.1. The first-order chi connectivity index (χ1) is 18.4. The lowest BCUT2D eigenvalue weighted by Crippen LogP contribution is -2.51. The van der Waals surface area contributed by atoms with Crippen molar-refractivity contribution in [2.24, 2.45) is 5.92 Å². The van der Waals surface area contributed by atoms with E-state index in [1.54, 1.807) is 31.0 Å². The number of amides is 3. The van der Waals surface area contributed by atoms with Crippen LogP contribution < -0.4 is 19.5 Å². The Balaban J connectivity index is 2.04. The predicted octanol–water partition coefficient (Wildman–Crippen LogP) is 2.77. The molecule has 3 amide bonds. The number of hydrogen-bond acceptors (Lipinski definition) is 7. The quantitative estimate of drug-likeness (QED) is 0.427. The van der Waals surface area contributed by atoms with Gasteiger partial charge in [0, 0.05) is 25.6 Å². The van der Waals surface area contributed by atoms with Crippen molar-refractivity contribution >= 4 is 27.6 Å². The van der Waals surface area contributed by atoms with Crippen molar-refractivity contribution in [2.75, 3.05) is 38.6 Å². The molecule has 0 saturated carbocycles. The maximum atomic E-state index is 13.6. The van der Waals surface area contributed by atoms with Crippen LogP contribution in [0, 0.1) is 5.92 Å². The number of sulfonamides is 1. The number of carbonyl (C=O) groups excluding carboxylic acids is 2. The summed E-state index contributed by atoms with van der Waals surface area (Å²) in [4.78, 5) is 29.3. The topological polar surface area (TPSA) is 138 Å². The molecule has 2 aromatic rings. The fraction of sp³-hybridized carbons (Fsp3) is 0.481. The first kappa shape index (κ1) is 30.0. The number of methoxy groups -OCH3 is 1. The van der Waals surface area contributed by atoms with Crippen molar-refractivity contribution < 1.29 is 32.6 Å². The molecule has 1 aliphatic heterocycles. The SMILES string of the molecule is COc1ccc(S(=O)(=O)Nc2cccc3c2O[C@@H](CN(C)C(=O)NC(C)C)[C@@H](C)CN([C@@H](C)CO)C3=O)cc1. The Kier molecular flexibility index (Phi) is 9.68. The van der Waals surface area contributed by atoms with Crippen molar-refractivity contribution in [3.63, 3.8) is 0 Å². The van der Waals surface area contributed by atoms with Gasteiger partial charge in [-0.05, 0) is 57.2 Å². The Bertz CT molecular complexity index is 1270. The molecule has 12 heteroatoms. The molecule has 11 nitrogen and oxygen atoms in total. The summed E-state index contributed by atoms with van der Waals surface area (Å²) in [5, 5.41) is 12.7. The van der Waals surface area contributed by atoms with Gasteiger partial charge < -0.3 is 29.7 Å². The highest BCUT2D eigenvalue weighted by Gasteiger charge is 2.35. The second-order valence-corrected chi connectivity index (χ2v) is 11.8. The summed E-state index contributed by atoms with van der Waals surface area (Å²) in [6, 6.07) is 9.71. The Hall–Kier alpha value is -3.51. The van der Waals surface area contributed by atoms with Crippen LogP contribution >= 0.6 is 0 Å². The molecule has 3 atom stereocenters. The highest BCUT2D eigenvalue weighted by Crippen LogP contribution is 2.36. The number of hydrogen-bond donors (Lipinski definition) is 3. The van der Waals surface area contributed by atoms with Gasteiger partial charge in [0.05, 0.1) is 42.4 Å². The lowest BCUT2D eigenvalue weighted by atomic mass is 9.99. The Morgan fingerprint density at radius 3 is 2.46 bits per heavy atom. The first-order valence-corrected chi connectivity index (χ1v) is 14.3. The van der Waals surface area contributed by atoms with Crippen LogP contribution in [-0.4, -0.2) is 87.3 Å². The van der Waals surface area contributed by atoms with E-state index in [9.17, 15) is 23.1 Å². The van der Waals surface area contributed by atoms with Gasteiger partial charge in [-0.2, -0.15) is 0 Å². The molecule has 214 valence electrons. The summed E-state index contributed by atoms with van der Waals surface area (Å²) >= 11 is 0. The van der Waals surface area contributed by atoms with Crippen LogP contribution in [0.3, 0.4) is 0 Å². The minimum Gasteiger partial charge on any atom is -0.497 e. The number of aliphatic hydroxyl groups excluding tert-OH is 1. The molecule has 0 unspecified atom stereocenters. The molecule has 2 aromatic carbocycles. The lowest BCUT2D eigenvalue weighted by molar-refractivity contribution is 0.0369. The molecule has 1 aliphatic rings. The zero-order valence-corrected chi connectivity index (χ0v) is 24.0. The Morgan fingerprint density at radius 1 is 1.21 bits per heavy atom. The molecule has 1 heterocycles. The van der Waals surface area contributed by atoms with Gasteiger partial charge in [0.1, 0.15) is 11.9 Å². The number of likely N-dealkylation sites (N-methyl/N-ethyl adjacent to an activating group) is 1. The number of rotatable bonds is 9. The zero-order valence-electron chi connectivity index (χ0n) is 23.2. The lowest BCUT2D eigenvalue weighted by Gasteiger charge is -2.38. The fourth-order valence-corrected chi connectivity index (χ4v) is 5.27. The van der Waals surface area contributed by atoms with Crippen molar-refractivity contribution in [3.05, 3.63) is 48.0 Å². The molecule has 0 saturated heterocycles. The van der Waals surface area contributed by atoms with Crippen LogP contribution in [0.2, 0.25) is 0 Å². The zero-order chi connectivity index (χ0) is 28.9. The van der Waals surface area contributed by atoms with Gasteiger partial charge in [0.15, 0.2) is 5.75 Å². The van der Waals surface area contributed by atoms with Gasteiger partial charge in [-0.1, -0.05) is 13.0 Å². The molecular formula is C27H38N4O7S. The average molecular weight is 563 g/mol. The maximum Gasteiger partial charge on any atom is 0.317 e. The fourth-order valence-electron chi connectivity index (χ4n) is 4.21. The number of fused-ring (bicyclic) bond motifs is 1. The molecule has 0 fully saturated rings. The molecule has 0 bridgehead atoms. The van der Waals surface area contributed by atoms with Gasteiger partial charge in [0.2, 0.25) is 0 Å². The summed E-state index contributed by atoms with van der Waals surface area (Å²) < 4.78 is 40.6. The molecule has 3 N–H and O–H groups in total. The third-order valence-electron chi connectivity index (χ3n) is 6.52. The van der Waals surface area contributed by atoms with Crippen molar-refractivity contribution in [2.45, 2.75) is 50.8 Å². The summed E-state index contributed by atoms with van der Waals surface area (Å²) in [6.07, 6.45) is -0.597. The predicted molar refractivity (Wildman–Crippen MR) is 148 cm³/mol. The van der Waals surface area contributed by atoms with Gasteiger partial charge in [-0.15, -0.1) is 0 Å². The number of nitrogens with one attached hydrogen (secondary N) is 2.